The molecule has 17 heavy (non-hydrogen) atoms. The van der Waals surface area contributed by atoms with E-state index in [1.54, 1.807) is 0 Å². The van der Waals surface area contributed by atoms with E-state index < -0.39 is 0 Å². The van der Waals surface area contributed by atoms with Gasteiger partial charge >= 0.3 is 0 Å². The molecule has 1 aromatic carbocycles. The first-order valence-electron chi connectivity index (χ1n) is 6.46. The Morgan fingerprint density at radius 1 is 1.47 bits per heavy atom. The van der Waals surface area contributed by atoms with Crippen molar-refractivity contribution in [3.8, 4) is 5.75 Å². The summed E-state index contributed by atoms with van der Waals surface area (Å²) in [6, 6.07) is 7.05. The van der Waals surface area contributed by atoms with Crippen LogP contribution < -0.4 is 15.4 Å². The van der Waals surface area contributed by atoms with Gasteiger partial charge in [-0.2, -0.15) is 0 Å². The SMILES string of the molecule is CCOc1ccc(CNC2CCNC2)cc1C. The second-order valence-corrected chi connectivity index (χ2v) is 4.60. The van der Waals surface area contributed by atoms with E-state index in [2.05, 4.69) is 35.8 Å². The molecule has 0 bridgehead atoms. The van der Waals surface area contributed by atoms with Crippen LogP contribution in [0.5, 0.6) is 5.75 Å². The fraction of sp³-hybridized carbons (Fsp3) is 0.571. The number of hydrogen-bond donors (Lipinski definition) is 2. The summed E-state index contributed by atoms with van der Waals surface area (Å²) in [7, 11) is 0. The van der Waals surface area contributed by atoms with E-state index in [0.29, 0.717) is 6.04 Å². The van der Waals surface area contributed by atoms with Crippen LogP contribution in [0.4, 0.5) is 0 Å². The molecule has 1 unspecified atom stereocenters. The summed E-state index contributed by atoms with van der Waals surface area (Å²) in [5.41, 5.74) is 2.55. The van der Waals surface area contributed by atoms with Crippen molar-refractivity contribution in [2.75, 3.05) is 19.7 Å². The van der Waals surface area contributed by atoms with E-state index in [1.165, 1.54) is 17.5 Å². The summed E-state index contributed by atoms with van der Waals surface area (Å²) < 4.78 is 5.54. The summed E-state index contributed by atoms with van der Waals surface area (Å²) in [5, 5.41) is 6.94. The molecular formula is C14H22N2O. The molecule has 0 amide bonds. The van der Waals surface area contributed by atoms with E-state index in [9.17, 15) is 0 Å². The second-order valence-electron chi connectivity index (χ2n) is 4.60. The Morgan fingerprint density at radius 2 is 2.35 bits per heavy atom. The van der Waals surface area contributed by atoms with Crippen molar-refractivity contribution < 1.29 is 4.74 Å². The first kappa shape index (κ1) is 12.4. The minimum absolute atomic E-state index is 0.627. The van der Waals surface area contributed by atoms with Crippen molar-refractivity contribution in [1.29, 1.82) is 0 Å². The average molecular weight is 234 g/mol. The molecule has 1 aliphatic heterocycles. The molecule has 1 atom stereocenters. The maximum absolute atomic E-state index is 5.54. The van der Waals surface area contributed by atoms with Crippen LogP contribution >= 0.6 is 0 Å². The van der Waals surface area contributed by atoms with Gasteiger partial charge in [-0.25, -0.2) is 0 Å². The lowest BCUT2D eigenvalue weighted by Gasteiger charge is -2.13. The monoisotopic (exact) mass is 234 g/mol. The van der Waals surface area contributed by atoms with E-state index >= 15 is 0 Å². The largest absolute Gasteiger partial charge is 0.494 e. The van der Waals surface area contributed by atoms with Crippen LogP contribution in [-0.4, -0.2) is 25.7 Å². The highest BCUT2D eigenvalue weighted by Crippen LogP contribution is 2.19. The Kier molecular flexibility index (Phi) is 4.40. The van der Waals surface area contributed by atoms with Crippen molar-refractivity contribution in [2.45, 2.75) is 32.9 Å². The van der Waals surface area contributed by atoms with Crippen molar-refractivity contribution in [2.24, 2.45) is 0 Å². The van der Waals surface area contributed by atoms with Crippen LogP contribution in [0.15, 0.2) is 18.2 Å². The highest BCUT2D eigenvalue weighted by atomic mass is 16.5. The van der Waals surface area contributed by atoms with Crippen LogP contribution in [-0.2, 0) is 6.54 Å². The van der Waals surface area contributed by atoms with Gasteiger partial charge in [0.2, 0.25) is 0 Å². The number of rotatable bonds is 5. The zero-order chi connectivity index (χ0) is 12.1. The third-order valence-corrected chi connectivity index (χ3v) is 3.19. The maximum atomic E-state index is 5.54. The van der Waals surface area contributed by atoms with Crippen molar-refractivity contribution in [3.05, 3.63) is 29.3 Å². The van der Waals surface area contributed by atoms with Gasteiger partial charge in [-0.15, -0.1) is 0 Å². The number of benzene rings is 1. The molecule has 1 saturated heterocycles. The minimum atomic E-state index is 0.627. The first-order valence-corrected chi connectivity index (χ1v) is 6.46. The van der Waals surface area contributed by atoms with Crippen molar-refractivity contribution >= 4 is 0 Å². The third kappa shape index (κ3) is 3.45. The van der Waals surface area contributed by atoms with Crippen LogP contribution in [0.2, 0.25) is 0 Å². The Hall–Kier alpha value is -1.06. The smallest absolute Gasteiger partial charge is 0.122 e. The van der Waals surface area contributed by atoms with E-state index in [1.807, 2.05) is 6.92 Å². The van der Waals surface area contributed by atoms with Crippen LogP contribution in [0, 0.1) is 6.92 Å². The number of nitrogens with one attached hydrogen (secondary N) is 2. The van der Waals surface area contributed by atoms with Gasteiger partial charge in [-0.3, -0.25) is 0 Å². The molecule has 0 aliphatic carbocycles. The van der Waals surface area contributed by atoms with Crippen molar-refractivity contribution in [1.82, 2.24) is 10.6 Å². The predicted molar refractivity (Wildman–Crippen MR) is 70.5 cm³/mol. The molecule has 1 fully saturated rings. The number of aryl methyl sites for hydroxylation is 1. The summed E-state index contributed by atoms with van der Waals surface area (Å²) in [6.45, 7) is 8.02. The standard InChI is InChI=1S/C14H22N2O/c1-3-17-14-5-4-12(8-11(14)2)9-16-13-6-7-15-10-13/h4-5,8,13,15-16H,3,6-7,9-10H2,1-2H3. The number of hydrogen-bond acceptors (Lipinski definition) is 3. The molecule has 0 aromatic heterocycles. The van der Waals surface area contributed by atoms with Gasteiger partial charge in [0.1, 0.15) is 5.75 Å². The quantitative estimate of drug-likeness (QED) is 0.815. The lowest BCUT2D eigenvalue weighted by Crippen LogP contribution is -2.30. The molecule has 94 valence electrons. The van der Waals surface area contributed by atoms with Gasteiger partial charge in [-0.1, -0.05) is 12.1 Å². The first-order chi connectivity index (χ1) is 8.29. The minimum Gasteiger partial charge on any atom is -0.494 e. The predicted octanol–water partition coefficient (Wildman–Crippen LogP) is 1.85. The Labute approximate surface area is 104 Å². The summed E-state index contributed by atoms with van der Waals surface area (Å²) >= 11 is 0. The fourth-order valence-electron chi connectivity index (χ4n) is 2.23. The Balaban J connectivity index is 1.90. The van der Waals surface area contributed by atoms with Crippen LogP contribution in [0.1, 0.15) is 24.5 Å². The highest BCUT2D eigenvalue weighted by molar-refractivity contribution is 5.36. The highest BCUT2D eigenvalue weighted by Gasteiger charge is 2.13. The Bertz CT molecular complexity index is 359. The second kappa shape index (κ2) is 6.03. The van der Waals surface area contributed by atoms with Crippen LogP contribution in [0.25, 0.3) is 0 Å². The van der Waals surface area contributed by atoms with Crippen molar-refractivity contribution in [3.63, 3.8) is 0 Å². The topological polar surface area (TPSA) is 33.3 Å². The fourth-order valence-corrected chi connectivity index (χ4v) is 2.23. The molecular weight excluding hydrogens is 212 g/mol. The van der Waals surface area contributed by atoms with Gasteiger partial charge in [0.25, 0.3) is 0 Å². The maximum Gasteiger partial charge on any atom is 0.122 e. The number of ether oxygens (including phenoxy) is 1. The average Bonchev–Trinajstić information content (AvgIpc) is 2.83. The summed E-state index contributed by atoms with van der Waals surface area (Å²) in [4.78, 5) is 0. The molecule has 2 rings (SSSR count). The lowest BCUT2D eigenvalue weighted by molar-refractivity contribution is 0.337. The molecule has 2 N–H and O–H groups in total. The van der Waals surface area contributed by atoms with Gasteiger partial charge in [-0.05, 0) is 44.0 Å². The van der Waals surface area contributed by atoms with Gasteiger partial charge in [0, 0.05) is 19.1 Å². The summed E-state index contributed by atoms with van der Waals surface area (Å²) in [6.07, 6.45) is 1.23. The lowest BCUT2D eigenvalue weighted by atomic mass is 10.1. The molecule has 0 saturated carbocycles. The van der Waals surface area contributed by atoms with Gasteiger partial charge < -0.3 is 15.4 Å². The normalized spacial score (nSPS) is 19.5. The van der Waals surface area contributed by atoms with E-state index in [-0.39, 0.29) is 0 Å². The molecule has 0 spiro atoms. The van der Waals surface area contributed by atoms with E-state index in [0.717, 1.165) is 32.0 Å². The molecule has 1 aromatic rings. The molecule has 3 nitrogen and oxygen atoms in total. The van der Waals surface area contributed by atoms with E-state index in [4.69, 9.17) is 4.74 Å². The third-order valence-electron chi connectivity index (χ3n) is 3.19. The molecule has 1 aliphatic rings. The Morgan fingerprint density at radius 3 is 3.00 bits per heavy atom. The van der Waals surface area contributed by atoms with Crippen LogP contribution in [0.3, 0.4) is 0 Å². The van der Waals surface area contributed by atoms with Gasteiger partial charge in [0.05, 0.1) is 6.61 Å². The van der Waals surface area contributed by atoms with Gasteiger partial charge in [0.15, 0.2) is 0 Å². The summed E-state index contributed by atoms with van der Waals surface area (Å²) in [5.74, 6) is 0.999. The zero-order valence-corrected chi connectivity index (χ0v) is 10.8. The molecule has 3 heteroatoms. The molecule has 1 heterocycles. The molecule has 0 radical (unpaired) electrons. The zero-order valence-electron chi connectivity index (χ0n) is 10.8.